The van der Waals surface area contributed by atoms with Gasteiger partial charge in [0.05, 0.1) is 0 Å². The van der Waals surface area contributed by atoms with Crippen molar-refractivity contribution in [1.82, 2.24) is 20.4 Å². The number of urea groups is 1. The van der Waals surface area contributed by atoms with Crippen LogP contribution >= 0.6 is 0 Å². The van der Waals surface area contributed by atoms with E-state index in [0.29, 0.717) is 4.90 Å². The first kappa shape index (κ1) is 16.2. The predicted molar refractivity (Wildman–Crippen MR) is 77.6 cm³/mol. The third-order valence-electron chi connectivity index (χ3n) is 3.86. The Labute approximate surface area is 128 Å². The largest absolute Gasteiger partial charge is 0.350 e. The number of imide groups is 2. The number of hydrogen-bond donors (Lipinski definition) is 2. The van der Waals surface area contributed by atoms with E-state index >= 15 is 0 Å². The summed E-state index contributed by atoms with van der Waals surface area (Å²) in [7, 11) is 0. The molecule has 0 aromatic heterocycles. The minimum Gasteiger partial charge on any atom is -0.350 e. The monoisotopic (exact) mass is 308 g/mol. The summed E-state index contributed by atoms with van der Waals surface area (Å²) in [5.41, 5.74) is 0. The zero-order chi connectivity index (χ0) is 16.3. The van der Waals surface area contributed by atoms with E-state index < -0.39 is 30.3 Å². The maximum Gasteiger partial charge on any atom is 0.335 e. The first-order valence-electron chi connectivity index (χ1n) is 7.26. The molecule has 8 heteroatoms. The molecule has 0 aromatic carbocycles. The molecule has 120 valence electrons. The van der Waals surface area contributed by atoms with Gasteiger partial charge in [0.15, 0.2) is 0 Å². The van der Waals surface area contributed by atoms with Crippen LogP contribution in [0.5, 0.6) is 0 Å². The Morgan fingerprint density at radius 1 is 1.36 bits per heavy atom. The van der Waals surface area contributed by atoms with Gasteiger partial charge in [0.2, 0.25) is 5.91 Å². The van der Waals surface area contributed by atoms with Crippen LogP contribution in [0.25, 0.3) is 0 Å². The molecule has 5 amide bonds. The minimum atomic E-state index is -0.975. The van der Waals surface area contributed by atoms with E-state index in [1.807, 2.05) is 6.92 Å². The van der Waals surface area contributed by atoms with Crippen molar-refractivity contribution in [3.63, 3.8) is 0 Å². The van der Waals surface area contributed by atoms with E-state index in [1.165, 1.54) is 6.08 Å². The Balaban J connectivity index is 1.96. The fraction of sp³-hybridized carbons (Fsp3) is 0.571. The lowest BCUT2D eigenvalue weighted by atomic mass is 10.00. The molecule has 2 aliphatic rings. The standard InChI is InChI=1S/C14H20N4O4/c1-3-7-17-12(20)13(21)18(14(17)22)8-11(19)16-10-5-4-6-15-9(10)2/h3,9-10,15H,1,4-8H2,2H3,(H,16,19). The van der Waals surface area contributed by atoms with Gasteiger partial charge in [-0.1, -0.05) is 6.08 Å². The van der Waals surface area contributed by atoms with Gasteiger partial charge >= 0.3 is 17.8 Å². The number of amides is 5. The van der Waals surface area contributed by atoms with Gasteiger partial charge in [0.25, 0.3) is 0 Å². The molecular formula is C14H20N4O4. The molecule has 0 radical (unpaired) electrons. The maximum absolute atomic E-state index is 12.0. The second-order valence-electron chi connectivity index (χ2n) is 5.44. The molecule has 2 unspecified atom stereocenters. The summed E-state index contributed by atoms with van der Waals surface area (Å²) in [5.74, 6) is -2.35. The molecule has 8 nitrogen and oxygen atoms in total. The molecule has 0 spiro atoms. The van der Waals surface area contributed by atoms with Crippen molar-refractivity contribution in [2.75, 3.05) is 19.6 Å². The van der Waals surface area contributed by atoms with Crippen molar-refractivity contribution in [2.24, 2.45) is 0 Å². The second-order valence-corrected chi connectivity index (χ2v) is 5.44. The first-order valence-corrected chi connectivity index (χ1v) is 7.26. The third-order valence-corrected chi connectivity index (χ3v) is 3.86. The molecule has 22 heavy (non-hydrogen) atoms. The van der Waals surface area contributed by atoms with E-state index in [9.17, 15) is 19.2 Å². The van der Waals surface area contributed by atoms with E-state index in [-0.39, 0.29) is 18.6 Å². The van der Waals surface area contributed by atoms with Gasteiger partial charge < -0.3 is 10.6 Å². The number of rotatable bonds is 5. The van der Waals surface area contributed by atoms with E-state index in [4.69, 9.17) is 0 Å². The average Bonchev–Trinajstić information content (AvgIpc) is 2.68. The van der Waals surface area contributed by atoms with Gasteiger partial charge in [-0.15, -0.1) is 6.58 Å². The number of nitrogens with one attached hydrogen (secondary N) is 2. The van der Waals surface area contributed by atoms with Crippen LogP contribution in [-0.2, 0) is 14.4 Å². The lowest BCUT2D eigenvalue weighted by Gasteiger charge is -2.31. The van der Waals surface area contributed by atoms with Crippen LogP contribution in [0.3, 0.4) is 0 Å². The summed E-state index contributed by atoms with van der Waals surface area (Å²) in [6.45, 7) is 5.80. The van der Waals surface area contributed by atoms with Gasteiger partial charge in [-0.25, -0.2) is 9.69 Å². The lowest BCUT2D eigenvalue weighted by molar-refractivity contribution is -0.143. The molecule has 0 aliphatic carbocycles. The molecule has 2 rings (SSSR count). The Hall–Kier alpha value is -2.22. The number of carbonyl (C=O) groups excluding carboxylic acids is 4. The summed E-state index contributed by atoms with van der Waals surface area (Å²) < 4.78 is 0. The van der Waals surface area contributed by atoms with Crippen LogP contribution < -0.4 is 10.6 Å². The molecule has 0 saturated carbocycles. The van der Waals surface area contributed by atoms with Gasteiger partial charge in [0, 0.05) is 18.6 Å². The quantitative estimate of drug-likeness (QED) is 0.394. The van der Waals surface area contributed by atoms with Crippen molar-refractivity contribution in [2.45, 2.75) is 31.8 Å². The first-order chi connectivity index (χ1) is 10.5. The number of piperidine rings is 1. The smallest absolute Gasteiger partial charge is 0.335 e. The van der Waals surface area contributed by atoms with Gasteiger partial charge in [-0.05, 0) is 26.3 Å². The molecular weight excluding hydrogens is 288 g/mol. The fourth-order valence-electron chi connectivity index (χ4n) is 2.62. The van der Waals surface area contributed by atoms with Crippen LogP contribution in [0.4, 0.5) is 4.79 Å². The fourth-order valence-corrected chi connectivity index (χ4v) is 2.62. The summed E-state index contributed by atoms with van der Waals surface area (Å²) in [5, 5.41) is 6.04. The average molecular weight is 308 g/mol. The zero-order valence-corrected chi connectivity index (χ0v) is 12.5. The van der Waals surface area contributed by atoms with Crippen LogP contribution in [0, 0.1) is 0 Å². The highest BCUT2D eigenvalue weighted by Gasteiger charge is 2.44. The predicted octanol–water partition coefficient (Wildman–Crippen LogP) is -0.780. The topological polar surface area (TPSA) is 98.8 Å². The van der Waals surface area contributed by atoms with Crippen LogP contribution in [-0.4, -0.2) is 65.3 Å². The van der Waals surface area contributed by atoms with E-state index in [0.717, 1.165) is 24.3 Å². The van der Waals surface area contributed by atoms with E-state index in [1.54, 1.807) is 0 Å². The van der Waals surface area contributed by atoms with Crippen molar-refractivity contribution >= 4 is 23.8 Å². The summed E-state index contributed by atoms with van der Waals surface area (Å²) in [6.07, 6.45) is 3.13. The highest BCUT2D eigenvalue weighted by Crippen LogP contribution is 2.12. The SMILES string of the molecule is C=CCN1C(=O)C(=O)N(CC(=O)NC2CCCNC2C)C1=O. The lowest BCUT2D eigenvalue weighted by Crippen LogP contribution is -2.54. The molecule has 2 fully saturated rings. The molecule has 0 bridgehead atoms. The second kappa shape index (κ2) is 6.69. The van der Waals surface area contributed by atoms with Crippen molar-refractivity contribution in [3.05, 3.63) is 12.7 Å². The van der Waals surface area contributed by atoms with Crippen molar-refractivity contribution < 1.29 is 19.2 Å². The van der Waals surface area contributed by atoms with Crippen LogP contribution in [0.2, 0.25) is 0 Å². The van der Waals surface area contributed by atoms with Crippen molar-refractivity contribution in [1.29, 1.82) is 0 Å². The Morgan fingerprint density at radius 2 is 2.05 bits per heavy atom. The van der Waals surface area contributed by atoms with Crippen LogP contribution in [0.1, 0.15) is 19.8 Å². The minimum absolute atomic E-state index is 0.0472. The highest BCUT2D eigenvalue weighted by atomic mass is 16.2. The normalized spacial score (nSPS) is 25.6. The number of nitrogens with zero attached hydrogens (tertiary/aromatic N) is 2. The van der Waals surface area contributed by atoms with Crippen molar-refractivity contribution in [3.8, 4) is 0 Å². The third kappa shape index (κ3) is 3.16. The zero-order valence-electron chi connectivity index (χ0n) is 12.5. The van der Waals surface area contributed by atoms with Crippen LogP contribution in [0.15, 0.2) is 12.7 Å². The molecule has 0 aromatic rings. The Morgan fingerprint density at radius 3 is 2.68 bits per heavy atom. The Kier molecular flexibility index (Phi) is 4.92. The summed E-state index contributed by atoms with van der Waals surface area (Å²) in [6, 6.07) is -0.699. The molecule has 2 N–H and O–H groups in total. The molecule has 2 saturated heterocycles. The van der Waals surface area contributed by atoms with Gasteiger partial charge in [0.1, 0.15) is 6.54 Å². The molecule has 2 atom stereocenters. The highest BCUT2D eigenvalue weighted by molar-refractivity contribution is 6.45. The summed E-state index contributed by atoms with van der Waals surface area (Å²) in [4.78, 5) is 48.9. The van der Waals surface area contributed by atoms with Gasteiger partial charge in [-0.2, -0.15) is 0 Å². The number of carbonyl (C=O) groups is 4. The van der Waals surface area contributed by atoms with E-state index in [2.05, 4.69) is 17.2 Å². The molecule has 2 heterocycles. The maximum atomic E-state index is 12.0. The molecule has 2 aliphatic heterocycles. The van der Waals surface area contributed by atoms with Gasteiger partial charge in [-0.3, -0.25) is 19.3 Å². The number of hydrogen-bond acceptors (Lipinski definition) is 5. The Bertz CT molecular complexity index is 519. The summed E-state index contributed by atoms with van der Waals surface area (Å²) >= 11 is 0.